The number of hydrogen-bond acceptors (Lipinski definition) is 6. The number of amides is 2. The minimum Gasteiger partial charge on any atom is -0.497 e. The van der Waals surface area contributed by atoms with Crippen molar-refractivity contribution in [3.8, 4) is 11.5 Å². The Morgan fingerprint density at radius 2 is 1.72 bits per heavy atom. The summed E-state index contributed by atoms with van der Waals surface area (Å²) >= 11 is 0. The topological polar surface area (TPSA) is 105 Å². The normalized spacial score (nSPS) is 12.4. The second-order valence-corrected chi connectivity index (χ2v) is 11.6. The van der Waals surface area contributed by atoms with E-state index in [1.165, 1.54) is 25.2 Å². The van der Waals surface area contributed by atoms with Gasteiger partial charge in [0.25, 0.3) is 0 Å². The molecule has 0 aliphatic rings. The zero-order chi connectivity index (χ0) is 27.3. The molecule has 36 heavy (non-hydrogen) atoms. The molecule has 0 bridgehead atoms. The smallest absolute Gasteiger partial charge is 0.244 e. The summed E-state index contributed by atoms with van der Waals surface area (Å²) in [6, 6.07) is 11.4. The van der Waals surface area contributed by atoms with Crippen molar-refractivity contribution in [3.63, 3.8) is 0 Å². The van der Waals surface area contributed by atoms with Crippen molar-refractivity contribution >= 4 is 27.5 Å². The van der Waals surface area contributed by atoms with Crippen molar-refractivity contribution in [1.29, 1.82) is 0 Å². The predicted octanol–water partition coefficient (Wildman–Crippen LogP) is 3.11. The van der Waals surface area contributed by atoms with E-state index in [2.05, 4.69) is 5.32 Å². The highest BCUT2D eigenvalue weighted by Crippen LogP contribution is 2.34. The fourth-order valence-electron chi connectivity index (χ4n) is 3.65. The molecule has 0 aromatic heterocycles. The van der Waals surface area contributed by atoms with Crippen molar-refractivity contribution in [2.45, 2.75) is 52.7 Å². The Kier molecular flexibility index (Phi) is 9.37. The molecule has 9 nitrogen and oxygen atoms in total. The first kappa shape index (κ1) is 29.0. The Balaban J connectivity index is 2.50. The first-order valence-corrected chi connectivity index (χ1v) is 13.4. The number of hydrogen-bond donors (Lipinski definition) is 1. The number of sulfonamides is 1. The molecule has 0 radical (unpaired) electrons. The van der Waals surface area contributed by atoms with E-state index in [0.717, 1.165) is 21.7 Å². The van der Waals surface area contributed by atoms with E-state index < -0.39 is 34.1 Å². The molecule has 0 saturated carbocycles. The molecule has 0 unspecified atom stereocenters. The Bertz CT molecular complexity index is 1190. The van der Waals surface area contributed by atoms with Gasteiger partial charge in [-0.1, -0.05) is 29.8 Å². The first-order chi connectivity index (χ1) is 16.7. The van der Waals surface area contributed by atoms with E-state index in [1.807, 2.05) is 52.0 Å². The van der Waals surface area contributed by atoms with Crippen LogP contribution in [-0.4, -0.2) is 63.7 Å². The molecule has 0 fully saturated rings. The Morgan fingerprint density at radius 1 is 1.06 bits per heavy atom. The Labute approximate surface area is 214 Å². The monoisotopic (exact) mass is 519 g/mol. The summed E-state index contributed by atoms with van der Waals surface area (Å²) < 4.78 is 37.2. The molecule has 1 N–H and O–H groups in total. The number of nitrogens with zero attached hydrogens (tertiary/aromatic N) is 2. The number of carbonyl (C=O) groups is 2. The quantitative estimate of drug-likeness (QED) is 0.517. The van der Waals surface area contributed by atoms with Gasteiger partial charge < -0.3 is 19.7 Å². The lowest BCUT2D eigenvalue weighted by atomic mass is 10.1. The van der Waals surface area contributed by atoms with Crippen LogP contribution in [0.3, 0.4) is 0 Å². The second kappa shape index (κ2) is 11.6. The summed E-state index contributed by atoms with van der Waals surface area (Å²) in [6.07, 6.45) is 1.01. The molecule has 0 heterocycles. The van der Waals surface area contributed by atoms with Gasteiger partial charge in [0, 0.05) is 18.2 Å². The minimum atomic E-state index is -3.91. The lowest BCUT2D eigenvalue weighted by Gasteiger charge is -2.33. The van der Waals surface area contributed by atoms with Crippen LogP contribution in [0.2, 0.25) is 0 Å². The lowest BCUT2D eigenvalue weighted by Crippen LogP contribution is -2.54. The molecule has 0 aliphatic heterocycles. The summed E-state index contributed by atoms with van der Waals surface area (Å²) in [5, 5.41) is 2.90. The van der Waals surface area contributed by atoms with Gasteiger partial charge in [-0.25, -0.2) is 8.42 Å². The molecule has 2 aromatic carbocycles. The Morgan fingerprint density at radius 3 is 2.25 bits per heavy atom. The van der Waals surface area contributed by atoms with Gasteiger partial charge in [-0.3, -0.25) is 13.9 Å². The maximum atomic E-state index is 13.7. The van der Waals surface area contributed by atoms with Gasteiger partial charge in [-0.15, -0.1) is 0 Å². The van der Waals surface area contributed by atoms with Gasteiger partial charge in [-0.05, 0) is 52.3 Å². The second-order valence-electron chi connectivity index (χ2n) is 9.73. The van der Waals surface area contributed by atoms with Crippen molar-refractivity contribution in [2.75, 3.05) is 31.3 Å². The molecule has 0 aliphatic carbocycles. The van der Waals surface area contributed by atoms with Crippen LogP contribution in [-0.2, 0) is 26.2 Å². The molecule has 2 aromatic rings. The number of anilines is 1. The van der Waals surface area contributed by atoms with Crippen LogP contribution in [0.5, 0.6) is 11.5 Å². The summed E-state index contributed by atoms with van der Waals surface area (Å²) in [5.74, 6) is -0.212. The van der Waals surface area contributed by atoms with Gasteiger partial charge >= 0.3 is 0 Å². The SMILES string of the molecule is COc1ccc(OC)c(N(CC(=O)N(Cc2cccc(C)c2)[C@H](C)C(=O)NC(C)(C)C)S(C)(=O)=O)c1. The van der Waals surface area contributed by atoms with Crippen LogP contribution in [0, 0.1) is 6.92 Å². The highest BCUT2D eigenvalue weighted by atomic mass is 32.2. The van der Waals surface area contributed by atoms with Gasteiger partial charge in [0.05, 0.1) is 26.2 Å². The molecule has 2 rings (SSSR count). The zero-order valence-corrected chi connectivity index (χ0v) is 23.1. The van der Waals surface area contributed by atoms with Crippen LogP contribution < -0.4 is 19.1 Å². The van der Waals surface area contributed by atoms with E-state index in [4.69, 9.17) is 9.47 Å². The highest BCUT2D eigenvalue weighted by molar-refractivity contribution is 7.92. The number of rotatable bonds is 10. The lowest BCUT2D eigenvalue weighted by molar-refractivity contribution is -0.140. The fraction of sp³-hybridized carbons (Fsp3) is 0.462. The van der Waals surface area contributed by atoms with Crippen LogP contribution in [0.25, 0.3) is 0 Å². The average Bonchev–Trinajstić information content (AvgIpc) is 2.78. The molecule has 0 saturated heterocycles. The van der Waals surface area contributed by atoms with Crippen molar-refractivity contribution in [3.05, 3.63) is 53.6 Å². The molecule has 2 amide bonds. The maximum absolute atomic E-state index is 13.7. The van der Waals surface area contributed by atoms with Crippen molar-refractivity contribution in [1.82, 2.24) is 10.2 Å². The fourth-order valence-corrected chi connectivity index (χ4v) is 4.50. The third-order valence-corrected chi connectivity index (χ3v) is 6.56. The summed E-state index contributed by atoms with van der Waals surface area (Å²) in [6.45, 7) is 8.73. The standard InChI is InChI=1S/C26H37N3O6S/c1-18-10-9-11-20(14-18)16-28(19(2)25(31)27-26(3,4)5)24(30)17-29(36(8,32)33)22-15-21(34-6)12-13-23(22)35-7/h9-15,19H,16-17H2,1-8H3,(H,27,31)/t19-/m1/s1. The van der Waals surface area contributed by atoms with Gasteiger partial charge in [-0.2, -0.15) is 0 Å². The van der Waals surface area contributed by atoms with Gasteiger partial charge in [0.1, 0.15) is 24.1 Å². The highest BCUT2D eigenvalue weighted by Gasteiger charge is 2.32. The summed E-state index contributed by atoms with van der Waals surface area (Å²) in [4.78, 5) is 28.1. The number of methoxy groups -OCH3 is 2. The third kappa shape index (κ3) is 7.87. The van der Waals surface area contributed by atoms with Gasteiger partial charge in [0.2, 0.25) is 21.8 Å². The maximum Gasteiger partial charge on any atom is 0.244 e. The molecule has 198 valence electrons. The zero-order valence-electron chi connectivity index (χ0n) is 22.3. The molecule has 1 atom stereocenters. The number of benzene rings is 2. The Hall–Kier alpha value is -3.27. The predicted molar refractivity (Wildman–Crippen MR) is 141 cm³/mol. The average molecular weight is 520 g/mol. The van der Waals surface area contributed by atoms with E-state index in [-0.39, 0.29) is 23.9 Å². The van der Waals surface area contributed by atoms with Gasteiger partial charge in [0.15, 0.2) is 0 Å². The molecular formula is C26H37N3O6S. The largest absolute Gasteiger partial charge is 0.497 e. The van der Waals surface area contributed by atoms with Crippen molar-refractivity contribution in [2.24, 2.45) is 0 Å². The number of nitrogens with one attached hydrogen (secondary N) is 1. The minimum absolute atomic E-state index is 0.131. The van der Waals surface area contributed by atoms with Crippen LogP contribution in [0.4, 0.5) is 5.69 Å². The first-order valence-electron chi connectivity index (χ1n) is 11.5. The summed E-state index contributed by atoms with van der Waals surface area (Å²) in [5.41, 5.74) is 1.49. The molecular weight excluding hydrogens is 482 g/mol. The van der Waals surface area contributed by atoms with E-state index >= 15 is 0 Å². The third-order valence-electron chi connectivity index (χ3n) is 5.43. The van der Waals surface area contributed by atoms with Crippen molar-refractivity contribution < 1.29 is 27.5 Å². The van der Waals surface area contributed by atoms with Crippen LogP contribution in [0.1, 0.15) is 38.8 Å². The number of ether oxygens (including phenoxy) is 2. The summed E-state index contributed by atoms with van der Waals surface area (Å²) in [7, 11) is -1.04. The van der Waals surface area contributed by atoms with E-state index in [1.54, 1.807) is 19.1 Å². The molecule has 0 spiro atoms. The van der Waals surface area contributed by atoms with Crippen LogP contribution in [0.15, 0.2) is 42.5 Å². The van der Waals surface area contributed by atoms with Crippen LogP contribution >= 0.6 is 0 Å². The number of carbonyl (C=O) groups excluding carboxylic acids is 2. The molecule has 10 heteroatoms. The van der Waals surface area contributed by atoms with E-state index in [9.17, 15) is 18.0 Å². The van der Waals surface area contributed by atoms with E-state index in [0.29, 0.717) is 5.75 Å². The number of aryl methyl sites for hydroxylation is 1.